The molecule has 40 heavy (non-hydrogen) atoms. The summed E-state index contributed by atoms with van der Waals surface area (Å²) in [6.07, 6.45) is 6.22. The Morgan fingerprint density at radius 3 is 2.45 bits per heavy atom. The molecule has 3 aliphatic heterocycles. The number of carbonyl (C=O) groups excluding carboxylic acids is 1. The Morgan fingerprint density at radius 2 is 1.80 bits per heavy atom. The average Bonchev–Trinajstić information content (AvgIpc) is 3.65. The minimum atomic E-state index is -0.621. The van der Waals surface area contributed by atoms with Crippen LogP contribution in [0, 0.1) is 0 Å². The lowest BCUT2D eigenvalue weighted by molar-refractivity contribution is 0.117. The van der Waals surface area contributed by atoms with Crippen LogP contribution in [0.25, 0.3) is 0 Å². The number of nitrogens with zero attached hydrogens (tertiary/aromatic N) is 4. The van der Waals surface area contributed by atoms with Crippen molar-refractivity contribution >= 4 is 23.5 Å². The third-order valence-electron chi connectivity index (χ3n) is 8.32. The molecule has 2 fully saturated rings. The molecule has 2 aromatic carbocycles. The number of rotatable bonds is 9. The first-order valence-electron chi connectivity index (χ1n) is 14.6. The largest absolute Gasteiger partial charge is 0.497 e. The number of aliphatic imine (C=N–C) groups is 1. The molecular weight excluding hydrogens is 531 g/mol. The van der Waals surface area contributed by atoms with Crippen molar-refractivity contribution in [2.45, 2.75) is 63.6 Å². The number of alkyl halides is 1. The van der Waals surface area contributed by atoms with E-state index in [2.05, 4.69) is 11.8 Å². The van der Waals surface area contributed by atoms with Crippen LogP contribution in [0.2, 0.25) is 5.02 Å². The van der Waals surface area contributed by atoms with E-state index in [9.17, 15) is 9.18 Å². The molecule has 0 saturated carbocycles. The second-order valence-corrected chi connectivity index (χ2v) is 11.3. The van der Waals surface area contributed by atoms with Crippen LogP contribution in [0.4, 0.5) is 9.18 Å². The quantitative estimate of drug-likeness (QED) is 0.352. The zero-order valence-electron chi connectivity index (χ0n) is 23.5. The SMILES string of the molecule is CCC[C@H]1N=C(c2ccc(OC)cc2OCCF)N(C(=O)N2CCC(N3CCCC3)CC2)[C@H]1c1ccc(Cl)cc1. The average molecular weight is 571 g/mol. The number of halogens is 2. The van der Waals surface area contributed by atoms with Crippen molar-refractivity contribution in [1.82, 2.24) is 14.7 Å². The first-order valence-corrected chi connectivity index (χ1v) is 14.9. The van der Waals surface area contributed by atoms with Crippen LogP contribution in [-0.4, -0.2) is 85.2 Å². The monoisotopic (exact) mass is 570 g/mol. The smallest absolute Gasteiger partial charge is 0.326 e. The lowest BCUT2D eigenvalue weighted by atomic mass is 9.96. The summed E-state index contributed by atoms with van der Waals surface area (Å²) in [5.41, 5.74) is 1.65. The molecule has 0 N–H and O–H groups in total. The molecule has 0 aliphatic carbocycles. The van der Waals surface area contributed by atoms with Crippen LogP contribution in [0.3, 0.4) is 0 Å². The maximum atomic E-state index is 14.5. The first kappa shape index (κ1) is 28.7. The lowest BCUT2D eigenvalue weighted by Gasteiger charge is -2.40. The van der Waals surface area contributed by atoms with Crippen molar-refractivity contribution in [2.75, 3.05) is 46.6 Å². The summed E-state index contributed by atoms with van der Waals surface area (Å²) in [4.78, 5) is 26.0. The normalized spacial score (nSPS) is 22.1. The summed E-state index contributed by atoms with van der Waals surface area (Å²) in [7, 11) is 1.58. The fourth-order valence-corrected chi connectivity index (χ4v) is 6.44. The first-order chi connectivity index (χ1) is 19.5. The number of hydrogen-bond acceptors (Lipinski definition) is 5. The van der Waals surface area contributed by atoms with E-state index in [1.807, 2.05) is 46.2 Å². The van der Waals surface area contributed by atoms with Gasteiger partial charge in [-0.3, -0.25) is 9.89 Å². The summed E-state index contributed by atoms with van der Waals surface area (Å²) in [5.74, 6) is 1.60. The van der Waals surface area contributed by atoms with E-state index in [4.69, 9.17) is 26.1 Å². The minimum Gasteiger partial charge on any atom is -0.497 e. The van der Waals surface area contributed by atoms with Crippen LogP contribution in [0.5, 0.6) is 11.5 Å². The van der Waals surface area contributed by atoms with Gasteiger partial charge in [-0.25, -0.2) is 9.18 Å². The van der Waals surface area contributed by atoms with E-state index in [0.29, 0.717) is 47.1 Å². The van der Waals surface area contributed by atoms with Gasteiger partial charge >= 0.3 is 6.03 Å². The van der Waals surface area contributed by atoms with Crippen LogP contribution >= 0.6 is 11.6 Å². The predicted molar refractivity (Wildman–Crippen MR) is 157 cm³/mol. The summed E-state index contributed by atoms with van der Waals surface area (Å²) >= 11 is 6.25. The van der Waals surface area contributed by atoms with Gasteiger partial charge in [0.2, 0.25) is 0 Å². The summed E-state index contributed by atoms with van der Waals surface area (Å²) in [6.45, 7) is 5.17. The molecule has 3 heterocycles. The fraction of sp³-hybridized carbons (Fsp3) is 0.548. The van der Waals surface area contributed by atoms with Gasteiger partial charge < -0.3 is 19.3 Å². The molecule has 0 unspecified atom stereocenters. The molecule has 2 atom stereocenters. The van der Waals surface area contributed by atoms with Gasteiger partial charge in [0, 0.05) is 30.2 Å². The molecule has 0 bridgehead atoms. The number of amidine groups is 1. The highest BCUT2D eigenvalue weighted by Crippen LogP contribution is 2.40. The van der Waals surface area contributed by atoms with Crippen LogP contribution < -0.4 is 9.47 Å². The fourth-order valence-electron chi connectivity index (χ4n) is 6.32. The molecule has 2 aromatic rings. The minimum absolute atomic E-state index is 0.0514. The van der Waals surface area contributed by atoms with Crippen LogP contribution in [0.15, 0.2) is 47.5 Å². The van der Waals surface area contributed by atoms with Crippen molar-refractivity contribution in [3.05, 3.63) is 58.6 Å². The maximum Gasteiger partial charge on any atom is 0.326 e. The van der Waals surface area contributed by atoms with E-state index in [-0.39, 0.29) is 24.7 Å². The molecule has 9 heteroatoms. The van der Waals surface area contributed by atoms with E-state index in [1.54, 1.807) is 13.2 Å². The standard InChI is InChI=1S/C31H40ClFN4O3/c1-3-6-27-29(22-7-9-23(32)10-8-22)37(31(38)36-18-13-24(14-19-36)35-16-4-5-17-35)30(34-27)26-12-11-25(39-2)21-28(26)40-20-15-33/h7-12,21,24,27,29H,3-6,13-20H2,1-2H3/t27-,29+/m1/s1. The number of ether oxygens (including phenoxy) is 2. The predicted octanol–water partition coefficient (Wildman–Crippen LogP) is 6.35. The van der Waals surface area contributed by atoms with Gasteiger partial charge in [0.1, 0.15) is 30.6 Å². The maximum absolute atomic E-state index is 14.5. The molecule has 0 aromatic heterocycles. The Labute approximate surface area is 241 Å². The Bertz CT molecular complexity index is 1180. The third kappa shape index (κ3) is 6.08. The number of amides is 2. The highest BCUT2D eigenvalue weighted by Gasteiger charge is 2.44. The molecule has 2 amide bonds. The Morgan fingerprint density at radius 1 is 1.07 bits per heavy atom. The Kier molecular flexibility index (Phi) is 9.48. The second-order valence-electron chi connectivity index (χ2n) is 10.8. The molecule has 216 valence electrons. The van der Waals surface area contributed by atoms with E-state index >= 15 is 0 Å². The van der Waals surface area contributed by atoms with Crippen molar-refractivity contribution < 1.29 is 18.7 Å². The van der Waals surface area contributed by atoms with Crippen LogP contribution in [-0.2, 0) is 0 Å². The summed E-state index contributed by atoms with van der Waals surface area (Å²) < 4.78 is 24.4. The highest BCUT2D eigenvalue weighted by molar-refractivity contribution is 6.30. The van der Waals surface area contributed by atoms with Crippen molar-refractivity contribution in [3.63, 3.8) is 0 Å². The number of benzene rings is 2. The number of methoxy groups -OCH3 is 1. The van der Waals surface area contributed by atoms with E-state index in [0.717, 1.165) is 44.3 Å². The molecule has 0 radical (unpaired) electrons. The van der Waals surface area contributed by atoms with E-state index < -0.39 is 6.67 Å². The third-order valence-corrected chi connectivity index (χ3v) is 8.57. The number of hydrogen-bond donors (Lipinski definition) is 0. The number of urea groups is 1. The van der Waals surface area contributed by atoms with Gasteiger partial charge in [-0.1, -0.05) is 37.1 Å². The Balaban J connectivity index is 1.51. The molecule has 5 rings (SSSR count). The van der Waals surface area contributed by atoms with Gasteiger partial charge in [0.15, 0.2) is 0 Å². The Hall–Kier alpha value is -2.84. The highest BCUT2D eigenvalue weighted by atomic mass is 35.5. The summed E-state index contributed by atoms with van der Waals surface area (Å²) in [5, 5.41) is 0.647. The number of likely N-dealkylation sites (tertiary alicyclic amines) is 2. The molecular formula is C31H40ClFN4O3. The van der Waals surface area contributed by atoms with Crippen molar-refractivity contribution in [2.24, 2.45) is 4.99 Å². The molecule has 0 spiro atoms. The van der Waals surface area contributed by atoms with E-state index in [1.165, 1.54) is 12.8 Å². The van der Waals surface area contributed by atoms with Crippen LogP contribution in [0.1, 0.15) is 62.6 Å². The van der Waals surface area contributed by atoms with Gasteiger partial charge in [-0.15, -0.1) is 0 Å². The summed E-state index contributed by atoms with van der Waals surface area (Å²) in [6, 6.07) is 13.2. The van der Waals surface area contributed by atoms with Crippen molar-refractivity contribution in [1.29, 1.82) is 0 Å². The molecule has 7 nitrogen and oxygen atoms in total. The zero-order valence-corrected chi connectivity index (χ0v) is 24.3. The number of carbonyl (C=O) groups is 1. The van der Waals surface area contributed by atoms with Gasteiger partial charge in [0.25, 0.3) is 0 Å². The second kappa shape index (κ2) is 13.2. The van der Waals surface area contributed by atoms with Gasteiger partial charge in [0.05, 0.1) is 24.8 Å². The topological polar surface area (TPSA) is 57.6 Å². The van der Waals surface area contributed by atoms with Gasteiger partial charge in [-0.05, 0) is 75.0 Å². The molecule has 2 saturated heterocycles. The number of piperidine rings is 1. The molecule has 3 aliphatic rings. The lowest BCUT2D eigenvalue weighted by Crippen LogP contribution is -2.52. The van der Waals surface area contributed by atoms with Crippen molar-refractivity contribution in [3.8, 4) is 11.5 Å². The van der Waals surface area contributed by atoms with Gasteiger partial charge in [-0.2, -0.15) is 0 Å². The zero-order chi connectivity index (χ0) is 28.1.